The van der Waals surface area contributed by atoms with Crippen LogP contribution < -0.4 is 0 Å². The molecule has 6 heteroatoms. The van der Waals surface area contributed by atoms with E-state index >= 15 is 0 Å². The zero-order chi connectivity index (χ0) is 12.3. The van der Waals surface area contributed by atoms with Crippen molar-refractivity contribution in [2.24, 2.45) is 5.10 Å². The molecule has 1 heterocycles. The van der Waals surface area contributed by atoms with Crippen LogP contribution in [0.4, 0.5) is 0 Å². The summed E-state index contributed by atoms with van der Waals surface area (Å²) in [5.41, 5.74) is 1.38. The van der Waals surface area contributed by atoms with Gasteiger partial charge < -0.3 is 0 Å². The number of Topliss-reactive ketones (excluding diaryl/α,β-unsaturated/α-hetero) is 1. The number of aromatic amines is 1. The second kappa shape index (κ2) is 4.84. The summed E-state index contributed by atoms with van der Waals surface area (Å²) in [6.07, 6.45) is 3.05. The smallest absolute Gasteiger partial charge is 0.216 e. The molecule has 0 fully saturated rings. The third-order valence-electron chi connectivity index (χ3n) is 2.20. The highest BCUT2D eigenvalue weighted by Gasteiger charge is 2.03. The fourth-order valence-corrected chi connectivity index (χ4v) is 1.53. The lowest BCUT2D eigenvalue weighted by Crippen LogP contribution is -1.99. The van der Waals surface area contributed by atoms with Crippen molar-refractivity contribution in [2.45, 2.75) is 6.92 Å². The Morgan fingerprint density at radius 2 is 2.29 bits per heavy atom. The maximum absolute atomic E-state index is 11.4. The van der Waals surface area contributed by atoms with Crippen LogP contribution in [-0.2, 0) is 0 Å². The number of ketones is 1. The van der Waals surface area contributed by atoms with Gasteiger partial charge in [0.25, 0.3) is 0 Å². The van der Waals surface area contributed by atoms with E-state index in [2.05, 4.69) is 15.3 Å². The van der Waals surface area contributed by atoms with E-state index < -0.39 is 0 Å². The van der Waals surface area contributed by atoms with Crippen molar-refractivity contribution in [3.8, 4) is 0 Å². The van der Waals surface area contributed by atoms with Crippen LogP contribution in [0.3, 0.4) is 0 Å². The van der Waals surface area contributed by atoms with Crippen molar-refractivity contribution < 1.29 is 4.79 Å². The van der Waals surface area contributed by atoms with Gasteiger partial charge in [-0.25, -0.2) is 0 Å². The molecule has 2 rings (SSSR count). The Hall–Kier alpha value is -2.08. The van der Waals surface area contributed by atoms with Gasteiger partial charge in [0.05, 0.1) is 6.21 Å². The SMILES string of the molecule is CC(=O)c1ccccc1/C=N/n1cn[nH]c1=S. The summed E-state index contributed by atoms with van der Waals surface area (Å²) in [7, 11) is 0. The lowest BCUT2D eigenvalue weighted by Gasteiger charge is -2.00. The van der Waals surface area contributed by atoms with E-state index in [1.54, 1.807) is 12.3 Å². The molecule has 0 unspecified atom stereocenters. The molecule has 86 valence electrons. The van der Waals surface area contributed by atoms with E-state index in [0.717, 1.165) is 5.56 Å². The van der Waals surface area contributed by atoms with Gasteiger partial charge in [0.15, 0.2) is 5.78 Å². The van der Waals surface area contributed by atoms with E-state index in [9.17, 15) is 4.79 Å². The number of H-pyrrole nitrogens is 1. The standard InChI is InChI=1S/C11H10N4OS/c1-8(16)10-5-3-2-4-9(10)6-13-15-7-12-14-11(15)17/h2-7H,1H3,(H,14,17)/b13-6+. The molecule has 1 aromatic heterocycles. The van der Waals surface area contributed by atoms with Crippen molar-refractivity contribution in [1.29, 1.82) is 0 Å². The second-order valence-electron chi connectivity index (χ2n) is 3.39. The average molecular weight is 246 g/mol. The van der Waals surface area contributed by atoms with Crippen molar-refractivity contribution in [2.75, 3.05) is 0 Å². The highest BCUT2D eigenvalue weighted by atomic mass is 32.1. The van der Waals surface area contributed by atoms with Gasteiger partial charge in [0.2, 0.25) is 4.77 Å². The van der Waals surface area contributed by atoms with E-state index in [-0.39, 0.29) is 5.78 Å². The van der Waals surface area contributed by atoms with Gasteiger partial charge in [-0.05, 0) is 19.1 Å². The van der Waals surface area contributed by atoms with Gasteiger partial charge in [-0.1, -0.05) is 24.3 Å². The molecular weight excluding hydrogens is 236 g/mol. The van der Waals surface area contributed by atoms with Gasteiger partial charge in [0.1, 0.15) is 6.33 Å². The molecule has 0 aliphatic heterocycles. The first-order valence-corrected chi connectivity index (χ1v) is 5.35. The molecule has 0 saturated heterocycles. The largest absolute Gasteiger partial charge is 0.294 e. The molecule has 17 heavy (non-hydrogen) atoms. The maximum atomic E-state index is 11.4. The van der Waals surface area contributed by atoms with Crippen molar-refractivity contribution in [1.82, 2.24) is 14.9 Å². The van der Waals surface area contributed by atoms with Gasteiger partial charge in [-0.3, -0.25) is 9.89 Å². The monoisotopic (exact) mass is 246 g/mol. The Balaban J connectivity index is 2.37. The number of nitrogens with zero attached hydrogens (tertiary/aromatic N) is 3. The predicted molar refractivity (Wildman–Crippen MR) is 66.9 cm³/mol. The fraction of sp³-hybridized carbons (Fsp3) is 0.0909. The number of rotatable bonds is 3. The summed E-state index contributed by atoms with van der Waals surface area (Å²) >= 11 is 4.95. The van der Waals surface area contributed by atoms with E-state index in [1.807, 2.05) is 18.2 Å². The Morgan fingerprint density at radius 3 is 2.94 bits per heavy atom. The summed E-state index contributed by atoms with van der Waals surface area (Å²) < 4.78 is 1.83. The molecule has 0 amide bonds. The number of aromatic nitrogens is 3. The van der Waals surface area contributed by atoms with Crippen LogP contribution in [0.2, 0.25) is 0 Å². The highest BCUT2D eigenvalue weighted by molar-refractivity contribution is 7.71. The topological polar surface area (TPSA) is 63.0 Å². The van der Waals surface area contributed by atoms with Crippen LogP contribution in [0.5, 0.6) is 0 Å². The van der Waals surface area contributed by atoms with Gasteiger partial charge in [-0.2, -0.15) is 14.9 Å². The molecule has 1 N–H and O–H groups in total. The minimum Gasteiger partial charge on any atom is -0.294 e. The van der Waals surface area contributed by atoms with Crippen LogP contribution in [0, 0.1) is 4.77 Å². The summed E-state index contributed by atoms with van der Waals surface area (Å²) in [4.78, 5) is 11.4. The number of nitrogens with one attached hydrogen (secondary N) is 1. The highest BCUT2D eigenvalue weighted by Crippen LogP contribution is 2.07. The van der Waals surface area contributed by atoms with E-state index in [4.69, 9.17) is 12.2 Å². The molecule has 1 aromatic carbocycles. The minimum absolute atomic E-state index is 0.00263. The third kappa shape index (κ3) is 2.54. The molecular formula is C11H10N4OS. The molecule has 0 radical (unpaired) electrons. The second-order valence-corrected chi connectivity index (χ2v) is 3.78. The van der Waals surface area contributed by atoms with Crippen LogP contribution >= 0.6 is 12.2 Å². The van der Waals surface area contributed by atoms with Crippen LogP contribution in [-0.4, -0.2) is 26.9 Å². The summed E-state index contributed by atoms with van der Waals surface area (Å²) in [6.45, 7) is 1.52. The normalized spacial score (nSPS) is 10.9. The summed E-state index contributed by atoms with van der Waals surface area (Å²) in [5, 5.41) is 10.5. The van der Waals surface area contributed by atoms with Gasteiger partial charge >= 0.3 is 0 Å². The van der Waals surface area contributed by atoms with Crippen LogP contribution in [0.1, 0.15) is 22.8 Å². The van der Waals surface area contributed by atoms with E-state index in [0.29, 0.717) is 10.3 Å². The average Bonchev–Trinajstić information content (AvgIpc) is 2.72. The molecule has 0 aliphatic rings. The maximum Gasteiger partial charge on any atom is 0.216 e. The summed E-state index contributed by atoms with van der Waals surface area (Å²) in [5.74, 6) is 0.00263. The van der Waals surface area contributed by atoms with Crippen LogP contribution in [0.25, 0.3) is 0 Å². The molecule has 0 bridgehead atoms. The number of hydrogen-bond donors (Lipinski definition) is 1. The number of carbonyl (C=O) groups excluding carboxylic acids is 1. The fourth-order valence-electron chi connectivity index (χ4n) is 1.38. The predicted octanol–water partition coefficient (Wildman–Crippen LogP) is 2.03. The first kappa shape index (κ1) is 11.4. The Kier molecular flexibility index (Phi) is 3.24. The zero-order valence-electron chi connectivity index (χ0n) is 9.12. The third-order valence-corrected chi connectivity index (χ3v) is 2.48. The Labute approximate surface area is 103 Å². The number of benzene rings is 1. The molecule has 0 aliphatic carbocycles. The van der Waals surface area contributed by atoms with Crippen molar-refractivity contribution in [3.05, 3.63) is 46.5 Å². The van der Waals surface area contributed by atoms with Gasteiger partial charge in [0, 0.05) is 11.1 Å². The van der Waals surface area contributed by atoms with E-state index in [1.165, 1.54) is 17.9 Å². The van der Waals surface area contributed by atoms with Crippen LogP contribution in [0.15, 0.2) is 35.7 Å². The molecule has 0 atom stereocenters. The molecule has 2 aromatic rings. The lowest BCUT2D eigenvalue weighted by atomic mass is 10.1. The molecule has 5 nitrogen and oxygen atoms in total. The molecule has 0 saturated carbocycles. The Bertz CT molecular complexity index is 626. The summed E-state index contributed by atoms with van der Waals surface area (Å²) in [6, 6.07) is 7.25. The Morgan fingerprint density at radius 1 is 1.53 bits per heavy atom. The van der Waals surface area contributed by atoms with Gasteiger partial charge in [-0.15, -0.1) is 0 Å². The minimum atomic E-state index is 0.00263. The lowest BCUT2D eigenvalue weighted by molar-refractivity contribution is 0.101. The van der Waals surface area contributed by atoms with Crippen molar-refractivity contribution in [3.63, 3.8) is 0 Å². The van der Waals surface area contributed by atoms with Crippen molar-refractivity contribution >= 4 is 24.2 Å². The first-order valence-electron chi connectivity index (χ1n) is 4.95. The number of hydrogen-bond acceptors (Lipinski definition) is 4. The first-order chi connectivity index (χ1) is 8.18. The molecule has 0 spiro atoms. The quantitative estimate of drug-likeness (QED) is 0.512. The zero-order valence-corrected chi connectivity index (χ0v) is 9.94. The number of carbonyl (C=O) groups is 1.